The lowest BCUT2D eigenvalue weighted by atomic mass is 10.1. The molecule has 0 spiro atoms. The summed E-state index contributed by atoms with van der Waals surface area (Å²) in [4.78, 5) is 11.7. The van der Waals surface area contributed by atoms with Crippen LogP contribution in [0.3, 0.4) is 0 Å². The molecule has 0 radical (unpaired) electrons. The van der Waals surface area contributed by atoms with E-state index in [0.29, 0.717) is 5.76 Å². The van der Waals surface area contributed by atoms with Crippen LogP contribution in [0.2, 0.25) is 0 Å². The van der Waals surface area contributed by atoms with Gasteiger partial charge in [-0.2, -0.15) is 0 Å². The minimum absolute atomic E-state index is 0.333. The second-order valence-corrected chi connectivity index (χ2v) is 4.26. The van der Waals surface area contributed by atoms with Gasteiger partial charge in [-0.15, -0.1) is 0 Å². The van der Waals surface area contributed by atoms with Crippen molar-refractivity contribution in [2.24, 2.45) is 0 Å². The fourth-order valence-corrected chi connectivity index (χ4v) is 2.02. The molecule has 0 aliphatic rings. The summed E-state index contributed by atoms with van der Waals surface area (Å²) in [6, 6.07) is 22.8. The molecule has 0 amide bonds. The largest absolute Gasteiger partial charge is 0.423 e. The fourth-order valence-electron chi connectivity index (χ4n) is 2.02. The van der Waals surface area contributed by atoms with E-state index in [2.05, 4.69) is 0 Å². The Morgan fingerprint density at radius 3 is 1.84 bits per heavy atom. The Labute approximate surface area is 111 Å². The molecule has 0 aliphatic carbocycles. The molecule has 0 saturated heterocycles. The normalized spacial score (nSPS) is 10.3. The standard InChI is InChI=1S/C17H12O2/c18-17-12-15(13-7-3-1-4-8-13)11-16(19-17)14-9-5-2-6-10-14/h1-12H/i18+2,19+2. The first-order valence-corrected chi connectivity index (χ1v) is 6.09. The first-order chi connectivity index (χ1) is 9.33. The van der Waals surface area contributed by atoms with E-state index in [0.717, 1.165) is 16.7 Å². The van der Waals surface area contributed by atoms with E-state index in [-0.39, 0.29) is 5.63 Å². The second-order valence-electron chi connectivity index (χ2n) is 4.26. The first kappa shape index (κ1) is 11.5. The Balaban J connectivity index is 2.15. The van der Waals surface area contributed by atoms with Gasteiger partial charge in [-0.3, -0.25) is 0 Å². The van der Waals surface area contributed by atoms with Crippen LogP contribution in [0.4, 0.5) is 0 Å². The quantitative estimate of drug-likeness (QED) is 0.646. The van der Waals surface area contributed by atoms with E-state index in [1.807, 2.05) is 66.7 Å². The summed E-state index contributed by atoms with van der Waals surface area (Å²) in [6.45, 7) is 0. The summed E-state index contributed by atoms with van der Waals surface area (Å²) in [5.41, 5.74) is 2.45. The van der Waals surface area contributed by atoms with E-state index < -0.39 is 0 Å². The molecule has 2 heteroatoms. The second kappa shape index (κ2) is 4.94. The molecule has 3 rings (SSSR count). The molecular weight excluding hydrogens is 240 g/mol. The minimum Gasteiger partial charge on any atom is -0.423 e. The van der Waals surface area contributed by atoms with Crippen molar-refractivity contribution in [2.45, 2.75) is 0 Å². The van der Waals surface area contributed by atoms with Crippen molar-refractivity contribution >= 4 is 0 Å². The lowest BCUT2D eigenvalue weighted by molar-refractivity contribution is 0.526. The highest BCUT2D eigenvalue weighted by Crippen LogP contribution is 2.24. The maximum Gasteiger partial charge on any atom is 0.336 e. The summed E-state index contributed by atoms with van der Waals surface area (Å²) < 4.78 is 5.27. The van der Waals surface area contributed by atoms with Crippen molar-refractivity contribution in [3.05, 3.63) is 83.2 Å². The number of hydrogen-bond acceptors (Lipinski definition) is 2. The Morgan fingerprint density at radius 1 is 0.632 bits per heavy atom. The van der Waals surface area contributed by atoms with Gasteiger partial charge < -0.3 is 4.42 Å². The van der Waals surface area contributed by atoms with Crippen molar-refractivity contribution in [1.29, 1.82) is 0 Å². The van der Waals surface area contributed by atoms with Gasteiger partial charge in [-0.1, -0.05) is 60.7 Å². The maximum atomic E-state index is 11.7. The fraction of sp³-hybridized carbons (Fsp3) is 0. The molecule has 0 bridgehead atoms. The predicted molar refractivity (Wildman–Crippen MR) is 75.9 cm³/mol. The van der Waals surface area contributed by atoms with Gasteiger partial charge in [-0.05, 0) is 17.2 Å². The third-order valence-corrected chi connectivity index (χ3v) is 2.94. The number of benzene rings is 2. The molecule has 1 aromatic heterocycles. The van der Waals surface area contributed by atoms with Crippen LogP contribution in [0.5, 0.6) is 0 Å². The molecule has 92 valence electrons. The average molecular weight is 252 g/mol. The number of hydrogen-bond donors (Lipinski definition) is 0. The molecule has 2 aromatic carbocycles. The van der Waals surface area contributed by atoms with Gasteiger partial charge in [0.1, 0.15) is 5.76 Å². The highest BCUT2D eigenvalue weighted by atomic mass is 18.3. The van der Waals surface area contributed by atoms with Gasteiger partial charge in [0.2, 0.25) is 0 Å². The average Bonchev–Trinajstić information content (AvgIpc) is 2.48. The lowest BCUT2D eigenvalue weighted by Gasteiger charge is -2.04. The molecule has 1 heterocycles. The highest BCUT2D eigenvalue weighted by molar-refractivity contribution is 5.68. The van der Waals surface area contributed by atoms with E-state index in [4.69, 9.17) is 4.42 Å². The van der Waals surface area contributed by atoms with Crippen LogP contribution in [0, 0.1) is 0 Å². The zero-order chi connectivity index (χ0) is 13.1. The number of rotatable bonds is 2. The zero-order valence-corrected chi connectivity index (χ0v) is 10.2. The Hall–Kier alpha value is -2.61. The summed E-state index contributed by atoms with van der Waals surface area (Å²) >= 11 is 0. The smallest absolute Gasteiger partial charge is 0.336 e. The molecule has 0 fully saturated rings. The maximum absolute atomic E-state index is 11.7. The highest BCUT2D eigenvalue weighted by Gasteiger charge is 2.05. The summed E-state index contributed by atoms with van der Waals surface area (Å²) in [6.07, 6.45) is 0. The van der Waals surface area contributed by atoms with E-state index in [9.17, 15) is 4.79 Å². The van der Waals surface area contributed by atoms with Crippen molar-refractivity contribution in [1.82, 2.24) is 0 Å². The van der Waals surface area contributed by atoms with Gasteiger partial charge in [0.05, 0.1) is 0 Å². The molecule has 2 nitrogen and oxygen atoms in total. The van der Waals surface area contributed by atoms with Gasteiger partial charge in [0.15, 0.2) is 0 Å². The molecule has 0 atom stereocenters. The summed E-state index contributed by atoms with van der Waals surface area (Å²) in [5, 5.41) is 0. The van der Waals surface area contributed by atoms with E-state index >= 15 is 0 Å². The SMILES string of the molecule is [18O]=c1cc(-c2ccccc2)cc(-c2ccccc2)[18o]1. The molecule has 0 N–H and O–H groups in total. The molecule has 0 unspecified atom stereocenters. The van der Waals surface area contributed by atoms with Gasteiger partial charge in [0, 0.05) is 11.6 Å². The minimum atomic E-state index is -0.333. The van der Waals surface area contributed by atoms with Crippen LogP contribution in [-0.2, 0) is 0 Å². The molecule has 0 aliphatic heterocycles. The molecule has 19 heavy (non-hydrogen) atoms. The van der Waals surface area contributed by atoms with Crippen LogP contribution in [0.1, 0.15) is 0 Å². The summed E-state index contributed by atoms with van der Waals surface area (Å²) in [7, 11) is 0. The van der Waals surface area contributed by atoms with Crippen molar-refractivity contribution in [3.63, 3.8) is 0 Å². The summed E-state index contributed by atoms with van der Waals surface area (Å²) in [5.74, 6) is 0.590. The lowest BCUT2D eigenvalue weighted by Crippen LogP contribution is -1.98. The van der Waals surface area contributed by atoms with Gasteiger partial charge in [-0.25, -0.2) is 4.79 Å². The van der Waals surface area contributed by atoms with Crippen LogP contribution >= 0.6 is 0 Å². The third-order valence-electron chi connectivity index (χ3n) is 2.94. The molecular formula is C17H12O2. The Kier molecular flexibility index (Phi) is 2.99. The molecule has 0 saturated carbocycles. The predicted octanol–water partition coefficient (Wildman–Crippen LogP) is 3.97. The monoisotopic (exact) mass is 252 g/mol. The van der Waals surface area contributed by atoms with Crippen LogP contribution in [-0.4, -0.2) is 0 Å². The van der Waals surface area contributed by atoms with Crippen molar-refractivity contribution in [2.75, 3.05) is 0 Å². The third kappa shape index (κ3) is 2.47. The Morgan fingerprint density at radius 2 is 1.21 bits per heavy atom. The van der Waals surface area contributed by atoms with Crippen molar-refractivity contribution in [3.8, 4) is 22.5 Å². The van der Waals surface area contributed by atoms with Crippen LogP contribution in [0.15, 0.2) is 82.0 Å². The topological polar surface area (TPSA) is 30.2 Å². The Bertz CT molecular complexity index is 667. The zero-order valence-electron chi connectivity index (χ0n) is 10.2. The first-order valence-electron chi connectivity index (χ1n) is 6.09. The molecule has 3 aromatic rings. The van der Waals surface area contributed by atoms with Gasteiger partial charge in [0.25, 0.3) is 0 Å². The van der Waals surface area contributed by atoms with Crippen LogP contribution < -0.4 is 5.63 Å². The van der Waals surface area contributed by atoms with E-state index in [1.165, 1.54) is 6.07 Å². The van der Waals surface area contributed by atoms with Crippen LogP contribution in [0.25, 0.3) is 22.5 Å². The van der Waals surface area contributed by atoms with E-state index in [1.54, 1.807) is 0 Å². The van der Waals surface area contributed by atoms with Gasteiger partial charge >= 0.3 is 5.63 Å². The van der Waals surface area contributed by atoms with Crippen molar-refractivity contribution < 1.29 is 4.42 Å².